The first-order chi connectivity index (χ1) is 16.0. The normalized spacial score (nSPS) is 10.8. The minimum atomic E-state index is -0.390. The Morgan fingerprint density at radius 2 is 1.79 bits per heavy atom. The van der Waals surface area contributed by atoms with Gasteiger partial charge >= 0.3 is 0 Å². The number of hydrogen-bond acceptors (Lipinski definition) is 3. The Morgan fingerprint density at radius 1 is 1.03 bits per heavy atom. The third-order valence-corrected chi connectivity index (χ3v) is 5.37. The summed E-state index contributed by atoms with van der Waals surface area (Å²) in [5, 5.41) is 7.57. The first-order valence-electron chi connectivity index (χ1n) is 11.0. The molecule has 1 aromatic heterocycles. The first-order valence-corrected chi connectivity index (χ1v) is 11.0. The van der Waals surface area contributed by atoms with Crippen molar-refractivity contribution in [2.24, 2.45) is 0 Å². The van der Waals surface area contributed by atoms with Crippen LogP contribution in [0, 0.1) is 12.7 Å². The molecule has 6 heteroatoms. The molecule has 0 aliphatic carbocycles. The van der Waals surface area contributed by atoms with Gasteiger partial charge in [-0.25, -0.2) is 9.07 Å². The molecular formula is C27H26FN3O2. The Kier molecular flexibility index (Phi) is 6.83. The molecule has 0 aliphatic heterocycles. The third kappa shape index (κ3) is 5.29. The summed E-state index contributed by atoms with van der Waals surface area (Å²) in [5.41, 5.74) is 4.09. The zero-order valence-corrected chi connectivity index (χ0v) is 18.7. The quantitative estimate of drug-likeness (QED) is 0.350. The van der Waals surface area contributed by atoms with Crippen LogP contribution in [-0.4, -0.2) is 15.7 Å². The smallest absolute Gasteiger partial charge is 0.226 e. The topological polar surface area (TPSA) is 56.2 Å². The fraction of sp³-hybridized carbons (Fsp3) is 0.185. The van der Waals surface area contributed by atoms with E-state index in [4.69, 9.17) is 9.84 Å². The van der Waals surface area contributed by atoms with E-state index in [-0.39, 0.29) is 18.1 Å². The van der Waals surface area contributed by atoms with Gasteiger partial charge < -0.3 is 10.1 Å². The maximum atomic E-state index is 13.4. The van der Waals surface area contributed by atoms with Gasteiger partial charge in [-0.3, -0.25) is 4.79 Å². The fourth-order valence-corrected chi connectivity index (χ4v) is 3.67. The second-order valence-electron chi connectivity index (χ2n) is 7.76. The van der Waals surface area contributed by atoms with Crippen LogP contribution in [0.1, 0.15) is 30.2 Å². The predicted molar refractivity (Wildman–Crippen MR) is 128 cm³/mol. The van der Waals surface area contributed by atoms with Crippen molar-refractivity contribution in [1.29, 1.82) is 0 Å². The van der Waals surface area contributed by atoms with E-state index >= 15 is 0 Å². The van der Waals surface area contributed by atoms with Crippen LogP contribution in [0.2, 0.25) is 0 Å². The molecular weight excluding hydrogens is 417 g/mol. The number of rotatable bonds is 8. The molecule has 0 saturated carbocycles. The fourth-order valence-electron chi connectivity index (χ4n) is 3.67. The summed E-state index contributed by atoms with van der Waals surface area (Å²) < 4.78 is 21.6. The van der Waals surface area contributed by atoms with Gasteiger partial charge in [-0.2, -0.15) is 5.10 Å². The average Bonchev–Trinajstić information content (AvgIpc) is 3.17. The van der Waals surface area contributed by atoms with Crippen molar-refractivity contribution in [3.05, 3.63) is 102 Å². The van der Waals surface area contributed by atoms with Gasteiger partial charge in [-0.15, -0.1) is 0 Å². The lowest BCUT2D eigenvalue weighted by Crippen LogP contribution is -2.13. The summed E-state index contributed by atoms with van der Waals surface area (Å²) in [7, 11) is 0. The number of para-hydroxylation sites is 2. The summed E-state index contributed by atoms with van der Waals surface area (Å²) in [6.07, 6.45) is 1.36. The molecule has 4 aromatic rings. The van der Waals surface area contributed by atoms with E-state index < -0.39 is 0 Å². The van der Waals surface area contributed by atoms with Gasteiger partial charge in [-0.1, -0.05) is 49.4 Å². The van der Waals surface area contributed by atoms with Crippen molar-refractivity contribution in [2.45, 2.75) is 33.1 Å². The van der Waals surface area contributed by atoms with E-state index in [0.29, 0.717) is 24.4 Å². The Bertz CT molecular complexity index is 1250. The van der Waals surface area contributed by atoms with Crippen LogP contribution in [0.4, 0.5) is 10.1 Å². The molecule has 4 rings (SSSR count). The summed E-state index contributed by atoms with van der Waals surface area (Å²) in [6.45, 7) is 4.02. The number of hydrogen-bond donors (Lipinski definition) is 1. The molecule has 0 radical (unpaired) electrons. The van der Waals surface area contributed by atoms with Crippen LogP contribution in [0.25, 0.3) is 5.69 Å². The minimum Gasteiger partial charge on any atom is -0.438 e. The first kappa shape index (κ1) is 22.3. The van der Waals surface area contributed by atoms with E-state index in [1.807, 2.05) is 68.4 Å². The SMILES string of the molecule is CCc1nn(-c2ccccc2)c(Oc2ccccc2C)c1CCC(=O)Nc1cccc(F)c1. The summed E-state index contributed by atoms with van der Waals surface area (Å²) in [5.74, 6) is 0.754. The molecule has 0 spiro atoms. The van der Waals surface area contributed by atoms with E-state index in [0.717, 1.165) is 28.3 Å². The number of ether oxygens (including phenoxy) is 1. The number of nitrogens with one attached hydrogen (secondary N) is 1. The number of halogens is 1. The van der Waals surface area contributed by atoms with E-state index in [1.165, 1.54) is 12.1 Å². The van der Waals surface area contributed by atoms with Gasteiger partial charge in [0.1, 0.15) is 11.6 Å². The minimum absolute atomic E-state index is 0.197. The number of aromatic nitrogens is 2. The highest BCUT2D eigenvalue weighted by Gasteiger charge is 2.21. The zero-order valence-electron chi connectivity index (χ0n) is 18.7. The lowest BCUT2D eigenvalue weighted by atomic mass is 10.1. The molecule has 3 aromatic carbocycles. The summed E-state index contributed by atoms with van der Waals surface area (Å²) in [6, 6.07) is 23.5. The van der Waals surface area contributed by atoms with Crippen LogP contribution in [0.3, 0.4) is 0 Å². The Hall–Kier alpha value is -3.93. The largest absolute Gasteiger partial charge is 0.438 e. The van der Waals surface area contributed by atoms with Crippen LogP contribution < -0.4 is 10.1 Å². The molecule has 0 fully saturated rings. The molecule has 0 bridgehead atoms. The van der Waals surface area contributed by atoms with Crippen LogP contribution in [-0.2, 0) is 17.6 Å². The van der Waals surface area contributed by atoms with Crippen LogP contribution >= 0.6 is 0 Å². The number of carbonyl (C=O) groups excluding carboxylic acids is 1. The molecule has 33 heavy (non-hydrogen) atoms. The van der Waals surface area contributed by atoms with Crippen molar-refractivity contribution in [3.8, 4) is 17.3 Å². The molecule has 0 atom stereocenters. The predicted octanol–water partition coefficient (Wildman–Crippen LogP) is 6.25. The Balaban J connectivity index is 1.65. The van der Waals surface area contributed by atoms with Crippen LogP contribution in [0.5, 0.6) is 11.6 Å². The van der Waals surface area contributed by atoms with Crippen molar-refractivity contribution < 1.29 is 13.9 Å². The lowest BCUT2D eigenvalue weighted by molar-refractivity contribution is -0.116. The number of amides is 1. The van der Waals surface area contributed by atoms with E-state index in [1.54, 1.807) is 16.8 Å². The highest BCUT2D eigenvalue weighted by Crippen LogP contribution is 2.33. The second kappa shape index (κ2) is 10.1. The molecule has 0 aliphatic rings. The molecule has 1 heterocycles. The number of nitrogens with zero attached hydrogens (tertiary/aromatic N) is 2. The van der Waals surface area contributed by atoms with Gasteiger partial charge in [0.15, 0.2) is 0 Å². The number of carbonyl (C=O) groups is 1. The van der Waals surface area contributed by atoms with Crippen molar-refractivity contribution in [1.82, 2.24) is 9.78 Å². The van der Waals surface area contributed by atoms with Gasteiger partial charge in [0.25, 0.3) is 0 Å². The van der Waals surface area contributed by atoms with Crippen molar-refractivity contribution in [3.63, 3.8) is 0 Å². The molecule has 1 N–H and O–H groups in total. The molecule has 5 nitrogen and oxygen atoms in total. The maximum Gasteiger partial charge on any atom is 0.226 e. The monoisotopic (exact) mass is 443 g/mol. The number of aryl methyl sites for hydroxylation is 2. The van der Waals surface area contributed by atoms with Gasteiger partial charge in [0.2, 0.25) is 11.8 Å². The highest BCUT2D eigenvalue weighted by atomic mass is 19.1. The molecule has 168 valence electrons. The van der Waals surface area contributed by atoms with Crippen LogP contribution in [0.15, 0.2) is 78.9 Å². The highest BCUT2D eigenvalue weighted by molar-refractivity contribution is 5.90. The van der Waals surface area contributed by atoms with Gasteiger partial charge in [0.05, 0.1) is 11.4 Å². The van der Waals surface area contributed by atoms with Crippen molar-refractivity contribution in [2.75, 3.05) is 5.32 Å². The number of anilines is 1. The summed E-state index contributed by atoms with van der Waals surface area (Å²) in [4.78, 5) is 12.6. The van der Waals surface area contributed by atoms with E-state index in [2.05, 4.69) is 5.32 Å². The zero-order chi connectivity index (χ0) is 23.2. The molecule has 1 amide bonds. The van der Waals surface area contributed by atoms with E-state index in [9.17, 15) is 9.18 Å². The lowest BCUT2D eigenvalue weighted by Gasteiger charge is -2.13. The Labute approximate surface area is 192 Å². The van der Waals surface area contributed by atoms with Gasteiger partial charge in [-0.05, 0) is 61.7 Å². The Morgan fingerprint density at radius 3 is 2.52 bits per heavy atom. The van der Waals surface area contributed by atoms with Crippen molar-refractivity contribution >= 4 is 11.6 Å². The maximum absolute atomic E-state index is 13.4. The average molecular weight is 444 g/mol. The molecule has 0 unspecified atom stereocenters. The standard InChI is InChI=1S/C27H26FN3O2/c1-3-24-23(16-17-26(32)29-21-12-9-11-20(28)18-21)27(33-25-15-8-7-10-19(25)2)31(30-24)22-13-5-4-6-14-22/h4-15,18H,3,16-17H2,1-2H3,(H,29,32). The summed E-state index contributed by atoms with van der Waals surface area (Å²) >= 11 is 0. The second-order valence-corrected chi connectivity index (χ2v) is 7.76. The number of benzene rings is 3. The molecule has 0 saturated heterocycles. The van der Waals surface area contributed by atoms with Gasteiger partial charge in [0, 0.05) is 17.7 Å². The third-order valence-electron chi connectivity index (χ3n) is 5.37.